The predicted octanol–water partition coefficient (Wildman–Crippen LogP) is 2.64. The summed E-state index contributed by atoms with van der Waals surface area (Å²) in [5.41, 5.74) is 3.32. The molecule has 282 valence electrons. The molecule has 7 rings (SSSR count). The quantitative estimate of drug-likeness (QED) is 0.206. The lowest BCUT2D eigenvalue weighted by Crippen LogP contribution is -2.48. The van der Waals surface area contributed by atoms with Gasteiger partial charge in [-0.1, -0.05) is 12.1 Å². The first-order valence-electron chi connectivity index (χ1n) is 18.1. The molecule has 0 unspecified atom stereocenters. The number of nitrogens with zero attached hydrogens (tertiary/aromatic N) is 6. The van der Waals surface area contributed by atoms with Crippen LogP contribution >= 0.6 is 0 Å². The SMILES string of the molecule is N#Cc1ccc(COc2cccc(C3CCN(Cc4nc5cc(C(=O)NCC(=O)N6C[C@@H](F)C[C@H]6C(=O)O)ccc5n4C[C@]4([SiH3])CCO4)CC3)n2)c(F)c1. The van der Waals surface area contributed by atoms with E-state index in [0.29, 0.717) is 35.6 Å². The molecule has 2 amide bonds. The number of carbonyl (C=O) groups is 3. The van der Waals surface area contributed by atoms with Crippen LogP contribution in [0.25, 0.3) is 11.0 Å². The zero-order chi connectivity index (χ0) is 38.0. The van der Waals surface area contributed by atoms with Crippen LogP contribution in [-0.4, -0.2) is 108 Å². The third kappa shape index (κ3) is 8.13. The number of fused-ring (bicyclic) bond motifs is 1. The van der Waals surface area contributed by atoms with Crippen molar-refractivity contribution in [1.29, 1.82) is 5.26 Å². The number of hydrogen-bond acceptors (Lipinski definition) is 9. The number of benzene rings is 2. The van der Waals surface area contributed by atoms with E-state index in [9.17, 15) is 28.3 Å². The number of ether oxygens (including phenoxy) is 2. The number of rotatable bonds is 12. The van der Waals surface area contributed by atoms with Gasteiger partial charge < -0.3 is 29.4 Å². The summed E-state index contributed by atoms with van der Waals surface area (Å²) < 4.78 is 42.2. The van der Waals surface area contributed by atoms with E-state index >= 15 is 0 Å². The fourth-order valence-corrected chi connectivity index (χ4v) is 8.12. The average molecular weight is 758 g/mol. The molecule has 2 N–H and O–H groups in total. The van der Waals surface area contributed by atoms with Gasteiger partial charge in [0.05, 0.1) is 47.5 Å². The van der Waals surface area contributed by atoms with Crippen molar-refractivity contribution < 1.29 is 37.7 Å². The zero-order valence-electron chi connectivity index (χ0n) is 29.8. The number of nitriles is 1. The van der Waals surface area contributed by atoms with Gasteiger partial charge in [0.25, 0.3) is 5.91 Å². The monoisotopic (exact) mass is 757 g/mol. The number of pyridine rings is 1. The van der Waals surface area contributed by atoms with Crippen LogP contribution in [0.5, 0.6) is 5.88 Å². The van der Waals surface area contributed by atoms with Crippen LogP contribution in [0.3, 0.4) is 0 Å². The lowest BCUT2D eigenvalue weighted by atomic mass is 9.93. The summed E-state index contributed by atoms with van der Waals surface area (Å²) in [4.78, 5) is 50.3. The average Bonchev–Trinajstić information content (AvgIpc) is 3.72. The molecule has 0 spiro atoms. The van der Waals surface area contributed by atoms with Crippen molar-refractivity contribution in [3.8, 4) is 11.9 Å². The fourth-order valence-electron chi connectivity index (χ4n) is 7.39. The zero-order valence-corrected chi connectivity index (χ0v) is 31.8. The molecule has 13 nitrogen and oxygen atoms in total. The molecule has 16 heteroatoms. The van der Waals surface area contributed by atoms with E-state index in [4.69, 9.17) is 24.7 Å². The number of hydrogen-bond donors (Lipinski definition) is 2. The third-order valence-electron chi connectivity index (χ3n) is 10.6. The molecular weight excluding hydrogens is 717 g/mol. The topological polar surface area (TPSA) is 163 Å². The molecule has 3 aliphatic rings. The Morgan fingerprint density at radius 2 is 1.93 bits per heavy atom. The van der Waals surface area contributed by atoms with Gasteiger partial charge in [0, 0.05) is 58.6 Å². The molecule has 3 aliphatic heterocycles. The second-order valence-electron chi connectivity index (χ2n) is 14.4. The van der Waals surface area contributed by atoms with Crippen LogP contribution in [0.4, 0.5) is 8.78 Å². The van der Waals surface area contributed by atoms with Crippen molar-refractivity contribution in [3.63, 3.8) is 0 Å². The molecular formula is C38H41F2N7O6Si. The van der Waals surface area contributed by atoms with Crippen molar-refractivity contribution >= 4 is 39.1 Å². The Labute approximate surface area is 313 Å². The highest BCUT2D eigenvalue weighted by atomic mass is 28.1. The first kappa shape index (κ1) is 37.1. The maximum Gasteiger partial charge on any atom is 0.326 e. The third-order valence-corrected chi connectivity index (χ3v) is 11.7. The Morgan fingerprint density at radius 3 is 2.63 bits per heavy atom. The number of alkyl halides is 1. The van der Waals surface area contributed by atoms with E-state index in [1.54, 1.807) is 30.3 Å². The first-order valence-corrected chi connectivity index (χ1v) is 19.1. The smallest absolute Gasteiger partial charge is 0.326 e. The highest BCUT2D eigenvalue weighted by Gasteiger charge is 2.40. The van der Waals surface area contributed by atoms with Gasteiger partial charge in [-0.3, -0.25) is 14.5 Å². The summed E-state index contributed by atoms with van der Waals surface area (Å²) in [6.45, 7) is 2.83. The van der Waals surface area contributed by atoms with Crippen molar-refractivity contribution in [1.82, 2.24) is 29.7 Å². The predicted molar refractivity (Wildman–Crippen MR) is 195 cm³/mol. The van der Waals surface area contributed by atoms with E-state index in [1.165, 1.54) is 6.07 Å². The second-order valence-corrected chi connectivity index (χ2v) is 16.3. The molecule has 5 heterocycles. The minimum atomic E-state index is -1.42. The summed E-state index contributed by atoms with van der Waals surface area (Å²) in [7, 11) is 0.842. The number of carboxylic acid groups (broad SMARTS) is 1. The van der Waals surface area contributed by atoms with E-state index in [1.807, 2.05) is 24.3 Å². The van der Waals surface area contributed by atoms with Crippen LogP contribution < -0.4 is 10.1 Å². The van der Waals surface area contributed by atoms with Crippen LogP contribution in [-0.2, 0) is 34.0 Å². The Bertz CT molecular complexity index is 2110. The number of nitrogens with one attached hydrogen (secondary N) is 1. The number of aromatic nitrogens is 3. The molecule has 4 aromatic rings. The highest BCUT2D eigenvalue weighted by Crippen LogP contribution is 2.32. The molecule has 2 aromatic heterocycles. The minimum Gasteiger partial charge on any atom is -0.480 e. The van der Waals surface area contributed by atoms with Crippen molar-refractivity contribution in [2.45, 2.75) is 68.7 Å². The van der Waals surface area contributed by atoms with Gasteiger partial charge in [-0.05, 0) is 68.8 Å². The van der Waals surface area contributed by atoms with Crippen molar-refractivity contribution in [2.24, 2.45) is 0 Å². The molecule has 3 fully saturated rings. The van der Waals surface area contributed by atoms with Crippen molar-refractivity contribution in [2.75, 3.05) is 32.8 Å². The van der Waals surface area contributed by atoms with Gasteiger partial charge in [0.15, 0.2) is 0 Å². The van der Waals surface area contributed by atoms with Gasteiger partial charge in [0.1, 0.15) is 30.5 Å². The summed E-state index contributed by atoms with van der Waals surface area (Å²) in [6, 6.07) is 15.8. The van der Waals surface area contributed by atoms with Crippen LogP contribution in [0.2, 0.25) is 0 Å². The highest BCUT2D eigenvalue weighted by molar-refractivity contribution is 6.15. The lowest BCUT2D eigenvalue weighted by Gasteiger charge is -2.40. The van der Waals surface area contributed by atoms with Gasteiger partial charge >= 0.3 is 5.97 Å². The van der Waals surface area contributed by atoms with Crippen molar-refractivity contribution in [3.05, 3.63) is 88.6 Å². The number of imidazole rings is 1. The number of carboxylic acids is 1. The molecule has 0 bridgehead atoms. The normalized spacial score (nSPS) is 21.8. The van der Waals surface area contributed by atoms with Gasteiger partial charge in [-0.2, -0.15) is 5.26 Å². The molecule has 3 atom stereocenters. The van der Waals surface area contributed by atoms with Crippen LogP contribution in [0.1, 0.15) is 64.6 Å². The fraction of sp³-hybridized carbons (Fsp3) is 0.421. The van der Waals surface area contributed by atoms with Crippen LogP contribution in [0.15, 0.2) is 54.6 Å². The van der Waals surface area contributed by atoms with E-state index in [2.05, 4.69) is 14.8 Å². The molecule has 54 heavy (non-hydrogen) atoms. The summed E-state index contributed by atoms with van der Waals surface area (Å²) in [5.74, 6) is -1.45. The summed E-state index contributed by atoms with van der Waals surface area (Å²) in [5, 5.41) is 20.7. The molecule has 0 aliphatic carbocycles. The molecule has 0 radical (unpaired) electrons. The number of piperidine rings is 1. The van der Waals surface area contributed by atoms with Gasteiger partial charge in [-0.15, -0.1) is 0 Å². The first-order chi connectivity index (χ1) is 26.0. The maximum absolute atomic E-state index is 14.4. The summed E-state index contributed by atoms with van der Waals surface area (Å²) >= 11 is 0. The number of likely N-dealkylation sites (tertiary alicyclic amines) is 2. The number of amides is 2. The standard InChI is InChI=1S/C38H41F2N7O6Si/c39-27-16-32(37(50)51)46(19-27)35(48)18-42-36(49)25-6-7-31-30(15-25)43-33(47(31)22-38(54)10-13-53-38)20-45-11-8-24(9-12-45)29-2-1-3-34(44-29)52-21-26-5-4-23(17-41)14-28(26)40/h1-7,14-15,24,27,32H,8-13,16,18-22H2,54H3,(H,42,49)(H,50,51)/t27-,32-,38+/m0/s1. The van der Waals surface area contributed by atoms with Gasteiger partial charge in [0.2, 0.25) is 11.8 Å². The number of carbonyl (C=O) groups excluding carboxylic acids is 2. The number of aliphatic carboxylic acids is 1. The molecule has 2 aromatic carbocycles. The largest absolute Gasteiger partial charge is 0.480 e. The minimum absolute atomic E-state index is 0.00152. The Balaban J connectivity index is 0.995. The Hall–Kier alpha value is -5.24. The number of halogens is 2. The second kappa shape index (κ2) is 15.6. The molecule has 3 saturated heterocycles. The molecule has 0 saturated carbocycles. The lowest BCUT2D eigenvalue weighted by molar-refractivity contribution is -0.147. The van der Waals surface area contributed by atoms with E-state index < -0.39 is 42.4 Å². The Morgan fingerprint density at radius 1 is 1.13 bits per heavy atom. The Kier molecular flexibility index (Phi) is 10.7. The van der Waals surface area contributed by atoms with Gasteiger partial charge in [-0.25, -0.2) is 23.5 Å². The maximum atomic E-state index is 14.4. The van der Waals surface area contributed by atoms with Crippen LogP contribution in [0, 0.1) is 17.1 Å². The van der Waals surface area contributed by atoms with E-state index in [0.717, 1.165) is 71.1 Å². The summed E-state index contributed by atoms with van der Waals surface area (Å²) in [6.07, 6.45) is 1.02. The van der Waals surface area contributed by atoms with E-state index in [-0.39, 0.29) is 36.3 Å².